The van der Waals surface area contributed by atoms with Crippen molar-refractivity contribution in [1.82, 2.24) is 0 Å². The van der Waals surface area contributed by atoms with Crippen molar-refractivity contribution in [2.75, 3.05) is 17.2 Å². The maximum absolute atomic E-state index is 12.4. The van der Waals surface area contributed by atoms with Crippen molar-refractivity contribution in [2.45, 2.75) is 26.9 Å². The number of anilines is 2. The molecule has 25 heavy (non-hydrogen) atoms. The highest BCUT2D eigenvalue weighted by Crippen LogP contribution is 2.30. The number of benzene rings is 2. The van der Waals surface area contributed by atoms with E-state index in [-0.39, 0.29) is 18.4 Å². The predicted octanol–water partition coefficient (Wildman–Crippen LogP) is 3.04. The number of ether oxygens (including phenoxy) is 2. The Morgan fingerprint density at radius 1 is 1.28 bits per heavy atom. The zero-order valence-electron chi connectivity index (χ0n) is 14.4. The molecule has 1 unspecified atom stereocenters. The fourth-order valence-electron chi connectivity index (χ4n) is 2.50. The smallest absolute Gasteiger partial charge is 0.265 e. The molecular formula is C19H20N2O4. The van der Waals surface area contributed by atoms with Crippen LogP contribution in [0.3, 0.4) is 0 Å². The third kappa shape index (κ3) is 3.74. The van der Waals surface area contributed by atoms with Gasteiger partial charge in [-0.15, -0.1) is 0 Å². The zero-order valence-corrected chi connectivity index (χ0v) is 14.4. The highest BCUT2D eigenvalue weighted by molar-refractivity contribution is 5.98. The van der Waals surface area contributed by atoms with Crippen LogP contribution < -0.4 is 20.1 Å². The molecule has 1 heterocycles. The van der Waals surface area contributed by atoms with E-state index in [9.17, 15) is 9.59 Å². The average Bonchev–Trinajstić information content (AvgIpc) is 2.58. The molecule has 6 nitrogen and oxygen atoms in total. The third-order valence-corrected chi connectivity index (χ3v) is 4.11. The van der Waals surface area contributed by atoms with Crippen molar-refractivity contribution in [1.29, 1.82) is 0 Å². The number of hydrogen-bond donors (Lipinski definition) is 2. The summed E-state index contributed by atoms with van der Waals surface area (Å²) < 4.78 is 11.1. The van der Waals surface area contributed by atoms with Crippen LogP contribution in [-0.4, -0.2) is 24.5 Å². The van der Waals surface area contributed by atoms with Crippen molar-refractivity contribution in [3.8, 4) is 11.5 Å². The van der Waals surface area contributed by atoms with Crippen LogP contribution in [0.1, 0.15) is 18.1 Å². The molecule has 1 atom stereocenters. The second-order valence-corrected chi connectivity index (χ2v) is 6.00. The van der Waals surface area contributed by atoms with E-state index in [1.807, 2.05) is 32.0 Å². The van der Waals surface area contributed by atoms with Gasteiger partial charge in [-0.1, -0.05) is 12.1 Å². The first kappa shape index (κ1) is 16.8. The van der Waals surface area contributed by atoms with Crippen molar-refractivity contribution < 1.29 is 19.1 Å². The molecule has 0 saturated heterocycles. The molecule has 1 aliphatic rings. The summed E-state index contributed by atoms with van der Waals surface area (Å²) in [5.41, 5.74) is 3.22. The Kier molecular flexibility index (Phi) is 4.61. The molecule has 0 spiro atoms. The van der Waals surface area contributed by atoms with Crippen LogP contribution >= 0.6 is 0 Å². The lowest BCUT2D eigenvalue weighted by molar-refractivity contribution is -0.122. The number of carbonyl (C=O) groups is 2. The van der Waals surface area contributed by atoms with Crippen molar-refractivity contribution >= 4 is 23.2 Å². The minimum absolute atomic E-state index is 0.000572. The number of carbonyl (C=O) groups excluding carboxylic acids is 2. The average molecular weight is 340 g/mol. The molecule has 6 heteroatoms. The highest BCUT2D eigenvalue weighted by atomic mass is 16.5. The van der Waals surface area contributed by atoms with Gasteiger partial charge >= 0.3 is 0 Å². The van der Waals surface area contributed by atoms with Crippen LogP contribution in [0.2, 0.25) is 0 Å². The van der Waals surface area contributed by atoms with E-state index < -0.39 is 6.10 Å². The Labute approximate surface area is 146 Å². The molecule has 0 aliphatic carbocycles. The summed E-state index contributed by atoms with van der Waals surface area (Å²) in [6.45, 7) is 5.65. The molecular weight excluding hydrogens is 320 g/mol. The van der Waals surface area contributed by atoms with Crippen LogP contribution in [0.5, 0.6) is 11.5 Å². The van der Waals surface area contributed by atoms with Gasteiger partial charge in [0.05, 0.1) is 5.69 Å². The van der Waals surface area contributed by atoms with Gasteiger partial charge in [0.15, 0.2) is 12.7 Å². The van der Waals surface area contributed by atoms with Crippen molar-refractivity contribution in [2.24, 2.45) is 0 Å². The molecule has 130 valence electrons. The number of nitrogens with one attached hydrogen (secondary N) is 2. The third-order valence-electron chi connectivity index (χ3n) is 4.11. The Morgan fingerprint density at radius 2 is 2.08 bits per heavy atom. The minimum Gasteiger partial charge on any atom is -0.482 e. The quantitative estimate of drug-likeness (QED) is 0.897. The molecule has 2 amide bonds. The first-order valence-electron chi connectivity index (χ1n) is 8.04. The summed E-state index contributed by atoms with van der Waals surface area (Å²) in [5.74, 6) is 0.776. The lowest BCUT2D eigenvalue weighted by atomic mass is 10.1. The summed E-state index contributed by atoms with van der Waals surface area (Å²) in [5, 5.41) is 5.50. The highest BCUT2D eigenvalue weighted by Gasteiger charge is 2.19. The summed E-state index contributed by atoms with van der Waals surface area (Å²) in [6, 6.07) is 10.8. The molecule has 0 bridgehead atoms. The minimum atomic E-state index is -0.664. The van der Waals surface area contributed by atoms with Crippen LogP contribution in [0.4, 0.5) is 11.4 Å². The van der Waals surface area contributed by atoms with E-state index in [2.05, 4.69) is 10.6 Å². The summed E-state index contributed by atoms with van der Waals surface area (Å²) >= 11 is 0. The second-order valence-electron chi connectivity index (χ2n) is 6.00. The van der Waals surface area contributed by atoms with Gasteiger partial charge in [-0.3, -0.25) is 9.59 Å². The molecule has 2 N–H and O–H groups in total. The van der Waals surface area contributed by atoms with Gasteiger partial charge in [0.25, 0.3) is 11.8 Å². The van der Waals surface area contributed by atoms with Crippen LogP contribution in [0.15, 0.2) is 36.4 Å². The van der Waals surface area contributed by atoms with Gasteiger partial charge < -0.3 is 20.1 Å². The lowest BCUT2D eigenvalue weighted by Crippen LogP contribution is -2.30. The van der Waals surface area contributed by atoms with E-state index >= 15 is 0 Å². The van der Waals surface area contributed by atoms with E-state index in [4.69, 9.17) is 9.47 Å². The van der Waals surface area contributed by atoms with E-state index in [0.717, 1.165) is 11.1 Å². The van der Waals surface area contributed by atoms with Crippen LogP contribution in [0, 0.1) is 13.8 Å². The number of fused-ring (bicyclic) bond motifs is 1. The van der Waals surface area contributed by atoms with E-state index in [0.29, 0.717) is 22.9 Å². The Morgan fingerprint density at radius 3 is 2.88 bits per heavy atom. The van der Waals surface area contributed by atoms with Gasteiger partial charge in [0.1, 0.15) is 11.5 Å². The summed E-state index contributed by atoms with van der Waals surface area (Å²) in [7, 11) is 0. The first-order chi connectivity index (χ1) is 11.9. The Balaban J connectivity index is 1.68. The first-order valence-corrected chi connectivity index (χ1v) is 8.04. The largest absolute Gasteiger partial charge is 0.482 e. The van der Waals surface area contributed by atoms with Crippen LogP contribution in [0.25, 0.3) is 0 Å². The predicted molar refractivity (Wildman–Crippen MR) is 95.2 cm³/mol. The summed E-state index contributed by atoms with van der Waals surface area (Å²) in [6.07, 6.45) is -0.664. The normalized spacial score (nSPS) is 14.0. The fraction of sp³-hybridized carbons (Fsp3) is 0.263. The van der Waals surface area contributed by atoms with E-state index in [1.54, 1.807) is 25.1 Å². The molecule has 2 aromatic rings. The monoisotopic (exact) mass is 340 g/mol. The number of amides is 2. The van der Waals surface area contributed by atoms with Gasteiger partial charge in [0.2, 0.25) is 0 Å². The zero-order chi connectivity index (χ0) is 18.0. The standard InChI is InChI=1S/C19H20N2O4/c1-11-5-4-6-16(12(11)2)25-13(3)19(23)20-14-7-8-17-15(9-14)21-18(22)10-24-17/h4-9,13H,10H2,1-3H3,(H,20,23)(H,21,22). The van der Waals surface area contributed by atoms with Crippen molar-refractivity contribution in [3.63, 3.8) is 0 Å². The molecule has 0 saturated carbocycles. The SMILES string of the molecule is Cc1cccc(OC(C)C(=O)Nc2ccc3c(c2)NC(=O)CO3)c1C. The number of hydrogen-bond acceptors (Lipinski definition) is 4. The molecule has 3 rings (SSSR count). The van der Waals surface area contributed by atoms with Gasteiger partial charge in [-0.2, -0.15) is 0 Å². The summed E-state index contributed by atoms with van der Waals surface area (Å²) in [4.78, 5) is 23.8. The molecule has 0 fully saturated rings. The number of aryl methyl sites for hydroxylation is 1. The van der Waals surface area contributed by atoms with Gasteiger partial charge in [-0.25, -0.2) is 0 Å². The molecule has 0 aromatic heterocycles. The van der Waals surface area contributed by atoms with Gasteiger partial charge in [-0.05, 0) is 56.2 Å². The Hall–Kier alpha value is -3.02. The topological polar surface area (TPSA) is 76.7 Å². The van der Waals surface area contributed by atoms with Crippen molar-refractivity contribution in [3.05, 3.63) is 47.5 Å². The molecule has 1 aliphatic heterocycles. The maximum atomic E-state index is 12.4. The number of rotatable bonds is 4. The van der Waals surface area contributed by atoms with Gasteiger partial charge in [0, 0.05) is 5.69 Å². The second kappa shape index (κ2) is 6.84. The lowest BCUT2D eigenvalue weighted by Gasteiger charge is -2.20. The Bertz CT molecular complexity index is 832. The molecule has 2 aromatic carbocycles. The fourth-order valence-corrected chi connectivity index (χ4v) is 2.50. The maximum Gasteiger partial charge on any atom is 0.265 e. The molecule has 0 radical (unpaired) electrons. The van der Waals surface area contributed by atoms with E-state index in [1.165, 1.54) is 0 Å². The van der Waals surface area contributed by atoms with Crippen LogP contribution in [-0.2, 0) is 9.59 Å².